The van der Waals surface area contributed by atoms with Gasteiger partial charge in [-0.05, 0) is 29.7 Å². The maximum Gasteiger partial charge on any atom is 0.307 e. The maximum atomic E-state index is 10.6. The van der Waals surface area contributed by atoms with E-state index in [1.165, 1.54) is 0 Å². The predicted molar refractivity (Wildman–Crippen MR) is 61.0 cm³/mol. The molecule has 3 atom stereocenters. The summed E-state index contributed by atoms with van der Waals surface area (Å²) in [5, 5.41) is 19.0. The van der Waals surface area contributed by atoms with Crippen molar-refractivity contribution in [3.63, 3.8) is 0 Å². The number of aliphatic carboxylic acids is 1. The van der Waals surface area contributed by atoms with Crippen molar-refractivity contribution in [2.45, 2.75) is 46.1 Å². The second-order valence-electron chi connectivity index (χ2n) is 5.93. The second kappa shape index (κ2) is 3.33. The molecule has 0 heterocycles. The first kappa shape index (κ1) is 11.6. The largest absolute Gasteiger partial charge is 0.481 e. The van der Waals surface area contributed by atoms with Crippen LogP contribution in [0.3, 0.4) is 0 Å². The zero-order chi connectivity index (χ0) is 12.1. The quantitative estimate of drug-likeness (QED) is 0.707. The van der Waals surface area contributed by atoms with Crippen molar-refractivity contribution in [2.24, 2.45) is 16.7 Å². The number of hydrogen-bond acceptors (Lipinski definition) is 2. The average Bonchev–Trinajstić information content (AvgIpc) is 2.47. The SMILES string of the molecule is CC1(C)[C@H]2CC[C@@]1(C)[C@@H](O)/C2=C\CC(=O)O. The summed E-state index contributed by atoms with van der Waals surface area (Å²) in [6.07, 6.45) is 3.40. The first-order valence-electron chi connectivity index (χ1n) is 5.90. The average molecular weight is 224 g/mol. The highest BCUT2D eigenvalue weighted by molar-refractivity contribution is 5.69. The molecular weight excluding hydrogens is 204 g/mol. The number of carboxylic acid groups (broad SMARTS) is 1. The number of carbonyl (C=O) groups is 1. The molecule has 0 aromatic carbocycles. The minimum absolute atomic E-state index is 0.0229. The molecule has 2 N–H and O–H groups in total. The molecular formula is C13H20O3. The zero-order valence-electron chi connectivity index (χ0n) is 10.2. The summed E-state index contributed by atoms with van der Waals surface area (Å²) in [5.41, 5.74) is 0.958. The summed E-state index contributed by atoms with van der Waals surface area (Å²) < 4.78 is 0. The molecule has 0 spiro atoms. The van der Waals surface area contributed by atoms with E-state index in [0.717, 1.165) is 18.4 Å². The van der Waals surface area contributed by atoms with Crippen molar-refractivity contribution >= 4 is 5.97 Å². The van der Waals surface area contributed by atoms with E-state index in [2.05, 4.69) is 20.8 Å². The fourth-order valence-electron chi connectivity index (χ4n) is 3.62. The van der Waals surface area contributed by atoms with Crippen LogP contribution in [0.25, 0.3) is 0 Å². The zero-order valence-corrected chi connectivity index (χ0v) is 10.2. The van der Waals surface area contributed by atoms with Gasteiger partial charge in [-0.1, -0.05) is 26.8 Å². The van der Waals surface area contributed by atoms with Crippen LogP contribution < -0.4 is 0 Å². The lowest BCUT2D eigenvalue weighted by Crippen LogP contribution is -2.35. The van der Waals surface area contributed by atoms with Gasteiger partial charge in [-0.2, -0.15) is 0 Å². The van der Waals surface area contributed by atoms with Gasteiger partial charge in [0.05, 0.1) is 12.5 Å². The molecule has 2 saturated carbocycles. The third kappa shape index (κ3) is 1.27. The molecule has 3 nitrogen and oxygen atoms in total. The number of aliphatic hydroxyl groups excluding tert-OH is 1. The van der Waals surface area contributed by atoms with Gasteiger partial charge in [0, 0.05) is 5.41 Å². The Bertz CT molecular complexity index is 356. The minimum Gasteiger partial charge on any atom is -0.481 e. The summed E-state index contributed by atoms with van der Waals surface area (Å²) in [6.45, 7) is 6.50. The summed E-state index contributed by atoms with van der Waals surface area (Å²) in [7, 11) is 0. The van der Waals surface area contributed by atoms with E-state index in [4.69, 9.17) is 5.11 Å². The Morgan fingerprint density at radius 2 is 2.12 bits per heavy atom. The molecule has 2 aliphatic carbocycles. The van der Waals surface area contributed by atoms with E-state index in [1.54, 1.807) is 6.08 Å². The van der Waals surface area contributed by atoms with Gasteiger partial charge in [0.25, 0.3) is 0 Å². The molecule has 0 aliphatic heterocycles. The van der Waals surface area contributed by atoms with Gasteiger partial charge in [-0.25, -0.2) is 0 Å². The fourth-order valence-corrected chi connectivity index (χ4v) is 3.62. The Kier molecular flexibility index (Phi) is 2.42. The number of hydrogen-bond donors (Lipinski definition) is 2. The van der Waals surface area contributed by atoms with Crippen LogP contribution in [0.2, 0.25) is 0 Å². The number of fused-ring (bicyclic) bond motifs is 2. The van der Waals surface area contributed by atoms with Crippen LogP contribution in [0.15, 0.2) is 11.6 Å². The highest BCUT2D eigenvalue weighted by atomic mass is 16.4. The number of rotatable bonds is 2. The Labute approximate surface area is 96.2 Å². The Hall–Kier alpha value is -0.830. The smallest absolute Gasteiger partial charge is 0.307 e. The highest BCUT2D eigenvalue weighted by Gasteiger charge is 2.63. The number of carboxylic acids is 1. The monoisotopic (exact) mass is 224 g/mol. The van der Waals surface area contributed by atoms with Gasteiger partial charge >= 0.3 is 5.97 Å². The molecule has 2 rings (SSSR count). The Morgan fingerprint density at radius 3 is 2.56 bits per heavy atom. The van der Waals surface area contributed by atoms with Crippen LogP contribution in [0.4, 0.5) is 0 Å². The lowest BCUT2D eigenvalue weighted by atomic mass is 9.70. The summed E-state index contributed by atoms with van der Waals surface area (Å²) in [6, 6.07) is 0. The topological polar surface area (TPSA) is 57.5 Å². The van der Waals surface area contributed by atoms with Crippen LogP contribution in [-0.4, -0.2) is 22.3 Å². The van der Waals surface area contributed by atoms with Crippen LogP contribution in [0, 0.1) is 16.7 Å². The third-order valence-corrected chi connectivity index (χ3v) is 5.13. The molecule has 2 bridgehead atoms. The van der Waals surface area contributed by atoms with E-state index in [9.17, 15) is 9.90 Å². The highest BCUT2D eigenvalue weighted by Crippen LogP contribution is 2.67. The van der Waals surface area contributed by atoms with Crippen LogP contribution in [0.1, 0.15) is 40.0 Å². The molecule has 0 aromatic rings. The van der Waals surface area contributed by atoms with E-state index in [0.29, 0.717) is 5.92 Å². The van der Waals surface area contributed by atoms with Crippen LogP contribution in [-0.2, 0) is 4.79 Å². The van der Waals surface area contributed by atoms with Gasteiger partial charge in [-0.15, -0.1) is 0 Å². The lowest BCUT2D eigenvalue weighted by molar-refractivity contribution is -0.136. The maximum absolute atomic E-state index is 10.6. The van der Waals surface area contributed by atoms with E-state index < -0.39 is 12.1 Å². The molecule has 16 heavy (non-hydrogen) atoms. The van der Waals surface area contributed by atoms with Crippen molar-refractivity contribution in [3.05, 3.63) is 11.6 Å². The fraction of sp³-hybridized carbons (Fsp3) is 0.769. The van der Waals surface area contributed by atoms with E-state index in [-0.39, 0.29) is 17.3 Å². The van der Waals surface area contributed by atoms with Gasteiger partial charge in [0.2, 0.25) is 0 Å². The predicted octanol–water partition coefficient (Wildman–Crippen LogP) is 2.20. The van der Waals surface area contributed by atoms with Gasteiger partial charge in [0.15, 0.2) is 0 Å². The van der Waals surface area contributed by atoms with Crippen LogP contribution in [0.5, 0.6) is 0 Å². The molecule has 0 radical (unpaired) electrons. The van der Waals surface area contributed by atoms with Crippen molar-refractivity contribution in [1.29, 1.82) is 0 Å². The Balaban J connectivity index is 2.33. The lowest BCUT2D eigenvalue weighted by Gasteiger charge is -2.36. The molecule has 90 valence electrons. The molecule has 0 amide bonds. The van der Waals surface area contributed by atoms with E-state index in [1.807, 2.05) is 0 Å². The molecule has 0 unspecified atom stereocenters. The number of aliphatic hydroxyl groups is 1. The van der Waals surface area contributed by atoms with Crippen molar-refractivity contribution in [1.82, 2.24) is 0 Å². The van der Waals surface area contributed by atoms with Gasteiger partial charge in [-0.3, -0.25) is 4.79 Å². The summed E-state index contributed by atoms with van der Waals surface area (Å²) in [5.74, 6) is -0.475. The summed E-state index contributed by atoms with van der Waals surface area (Å²) >= 11 is 0. The Morgan fingerprint density at radius 1 is 1.50 bits per heavy atom. The van der Waals surface area contributed by atoms with Gasteiger partial charge < -0.3 is 10.2 Å². The normalized spacial score (nSPS) is 42.9. The standard InChI is InChI=1S/C13H20O3/c1-12(2)9-6-7-13(12,3)11(16)8(9)4-5-10(14)15/h4,9,11,16H,5-7H2,1-3H3,(H,14,15)/b8-4-/t9-,11-,13-/m0/s1. The van der Waals surface area contributed by atoms with Gasteiger partial charge in [0.1, 0.15) is 0 Å². The van der Waals surface area contributed by atoms with Crippen LogP contribution >= 0.6 is 0 Å². The molecule has 2 aliphatic rings. The summed E-state index contributed by atoms with van der Waals surface area (Å²) in [4.78, 5) is 10.6. The molecule has 3 heteroatoms. The van der Waals surface area contributed by atoms with E-state index >= 15 is 0 Å². The van der Waals surface area contributed by atoms with Crippen molar-refractivity contribution in [3.8, 4) is 0 Å². The minimum atomic E-state index is -0.828. The van der Waals surface area contributed by atoms with Crippen molar-refractivity contribution < 1.29 is 15.0 Å². The molecule has 0 aromatic heterocycles. The first-order valence-corrected chi connectivity index (χ1v) is 5.90. The first-order chi connectivity index (χ1) is 7.30. The van der Waals surface area contributed by atoms with Crippen molar-refractivity contribution in [2.75, 3.05) is 0 Å². The second-order valence-corrected chi connectivity index (χ2v) is 5.93. The molecule has 0 saturated heterocycles. The molecule has 2 fully saturated rings. The third-order valence-electron chi connectivity index (χ3n) is 5.13.